The summed E-state index contributed by atoms with van der Waals surface area (Å²) in [5, 5.41) is 28.3. The Bertz CT molecular complexity index is 705. The fraction of sp³-hybridized carbons (Fsp3) is 0.133. The van der Waals surface area contributed by atoms with E-state index in [-0.39, 0.29) is 19.0 Å². The molecular weight excluding hydrogens is 258 g/mol. The van der Waals surface area contributed by atoms with E-state index in [0.717, 1.165) is 5.52 Å². The van der Waals surface area contributed by atoms with E-state index in [4.69, 9.17) is 4.42 Å². The number of aromatic hydroxyl groups is 1. The number of phenols is 1. The summed E-state index contributed by atoms with van der Waals surface area (Å²) in [5.41, 5.74) is 2.65. The summed E-state index contributed by atoms with van der Waals surface area (Å²) in [6, 6.07) is 10.6. The summed E-state index contributed by atoms with van der Waals surface area (Å²) in [4.78, 5) is 4.35. The zero-order valence-electron chi connectivity index (χ0n) is 10.6. The summed E-state index contributed by atoms with van der Waals surface area (Å²) in [5.74, 6) is 0.283. The highest BCUT2D eigenvalue weighted by Gasteiger charge is 2.14. The van der Waals surface area contributed by atoms with Crippen LogP contribution in [0, 0.1) is 0 Å². The molecule has 3 aromatic rings. The average Bonchev–Trinajstić information content (AvgIpc) is 2.91. The Morgan fingerprint density at radius 2 is 1.65 bits per heavy atom. The van der Waals surface area contributed by atoms with Crippen molar-refractivity contribution in [3.63, 3.8) is 0 Å². The number of rotatable bonds is 3. The van der Waals surface area contributed by atoms with Crippen LogP contribution in [-0.4, -0.2) is 20.3 Å². The number of para-hydroxylation sites is 2. The van der Waals surface area contributed by atoms with E-state index in [9.17, 15) is 15.3 Å². The number of benzene rings is 2. The van der Waals surface area contributed by atoms with Crippen molar-refractivity contribution in [1.82, 2.24) is 4.98 Å². The smallest absolute Gasteiger partial charge is 0.227 e. The van der Waals surface area contributed by atoms with Crippen LogP contribution >= 0.6 is 0 Å². The third-order valence-electron chi connectivity index (χ3n) is 3.15. The summed E-state index contributed by atoms with van der Waals surface area (Å²) >= 11 is 0. The standard InChI is InChI=1S/C15H13NO4/c17-7-10-5-9(6-11(8-18)14(10)19)15-16-12-3-1-2-4-13(12)20-15/h1-6,17-19H,7-8H2. The van der Waals surface area contributed by atoms with Crippen LogP contribution in [0.3, 0.4) is 0 Å². The molecule has 0 spiro atoms. The lowest BCUT2D eigenvalue weighted by Crippen LogP contribution is -1.93. The maximum atomic E-state index is 9.83. The normalized spacial score (nSPS) is 11.1. The monoisotopic (exact) mass is 271 g/mol. The molecule has 0 unspecified atom stereocenters. The van der Waals surface area contributed by atoms with Gasteiger partial charge < -0.3 is 19.7 Å². The Morgan fingerprint density at radius 1 is 1.00 bits per heavy atom. The lowest BCUT2D eigenvalue weighted by atomic mass is 10.0. The number of aliphatic hydroxyl groups excluding tert-OH is 2. The van der Waals surface area contributed by atoms with Crippen LogP contribution in [0.1, 0.15) is 11.1 Å². The van der Waals surface area contributed by atoms with Crippen LogP contribution in [-0.2, 0) is 13.2 Å². The molecule has 0 aliphatic carbocycles. The van der Waals surface area contributed by atoms with Gasteiger partial charge in [-0.15, -0.1) is 0 Å². The van der Waals surface area contributed by atoms with Gasteiger partial charge in [0.15, 0.2) is 5.58 Å². The molecule has 0 atom stereocenters. The number of aromatic nitrogens is 1. The molecule has 2 aromatic carbocycles. The first-order valence-electron chi connectivity index (χ1n) is 6.15. The zero-order valence-corrected chi connectivity index (χ0v) is 10.6. The van der Waals surface area contributed by atoms with Crippen LogP contribution in [0.2, 0.25) is 0 Å². The Balaban J connectivity index is 2.18. The number of fused-ring (bicyclic) bond motifs is 1. The minimum atomic E-state index is -0.326. The van der Waals surface area contributed by atoms with Crippen LogP contribution in [0.25, 0.3) is 22.6 Å². The molecule has 5 heteroatoms. The van der Waals surface area contributed by atoms with Crippen molar-refractivity contribution in [3.05, 3.63) is 47.5 Å². The highest BCUT2D eigenvalue weighted by molar-refractivity contribution is 5.76. The van der Waals surface area contributed by atoms with E-state index in [1.807, 2.05) is 24.3 Å². The van der Waals surface area contributed by atoms with Gasteiger partial charge in [0.05, 0.1) is 13.2 Å². The number of hydrogen-bond donors (Lipinski definition) is 3. The Hall–Kier alpha value is -2.37. The van der Waals surface area contributed by atoms with E-state index < -0.39 is 0 Å². The molecule has 0 fully saturated rings. The first-order chi connectivity index (χ1) is 9.72. The first-order valence-corrected chi connectivity index (χ1v) is 6.15. The Labute approximate surface area is 114 Å². The molecule has 0 radical (unpaired) electrons. The van der Waals surface area contributed by atoms with Crippen molar-refractivity contribution in [2.75, 3.05) is 0 Å². The average molecular weight is 271 g/mol. The molecule has 1 aromatic heterocycles. The van der Waals surface area contributed by atoms with Gasteiger partial charge in [-0.1, -0.05) is 12.1 Å². The largest absolute Gasteiger partial charge is 0.507 e. The topological polar surface area (TPSA) is 86.7 Å². The molecule has 0 bridgehead atoms. The van der Waals surface area contributed by atoms with Crippen molar-refractivity contribution in [2.45, 2.75) is 13.2 Å². The molecule has 0 saturated heterocycles. The summed E-state index contributed by atoms with van der Waals surface area (Å²) in [6.07, 6.45) is 0. The van der Waals surface area contributed by atoms with E-state index >= 15 is 0 Å². The van der Waals surface area contributed by atoms with Gasteiger partial charge in [0.2, 0.25) is 5.89 Å². The highest BCUT2D eigenvalue weighted by Crippen LogP contribution is 2.31. The fourth-order valence-electron chi connectivity index (χ4n) is 2.12. The van der Waals surface area contributed by atoms with E-state index in [1.54, 1.807) is 12.1 Å². The second kappa shape index (κ2) is 4.96. The number of nitrogens with zero attached hydrogens (tertiary/aromatic N) is 1. The minimum absolute atomic E-state index is 0.102. The predicted molar refractivity (Wildman–Crippen MR) is 73.0 cm³/mol. The first kappa shape index (κ1) is 12.7. The number of hydrogen-bond acceptors (Lipinski definition) is 5. The molecule has 0 amide bonds. The maximum Gasteiger partial charge on any atom is 0.227 e. The lowest BCUT2D eigenvalue weighted by molar-refractivity contribution is 0.264. The van der Waals surface area contributed by atoms with Gasteiger partial charge in [0.25, 0.3) is 0 Å². The van der Waals surface area contributed by atoms with E-state index in [0.29, 0.717) is 28.2 Å². The van der Waals surface area contributed by atoms with Crippen molar-refractivity contribution in [3.8, 4) is 17.2 Å². The summed E-state index contributed by atoms with van der Waals surface area (Å²) in [7, 11) is 0. The molecular formula is C15H13NO4. The van der Waals surface area contributed by atoms with Gasteiger partial charge in [-0.2, -0.15) is 0 Å². The Morgan fingerprint density at radius 3 is 2.25 bits per heavy atom. The molecule has 1 heterocycles. The molecule has 0 saturated carbocycles. The van der Waals surface area contributed by atoms with Crippen LogP contribution in [0.15, 0.2) is 40.8 Å². The fourth-order valence-corrected chi connectivity index (χ4v) is 2.12. The lowest BCUT2D eigenvalue weighted by Gasteiger charge is -2.08. The molecule has 5 nitrogen and oxygen atoms in total. The Kier molecular flexibility index (Phi) is 3.14. The second-order valence-corrected chi connectivity index (χ2v) is 4.45. The van der Waals surface area contributed by atoms with Crippen molar-refractivity contribution in [2.24, 2.45) is 0 Å². The molecule has 0 aliphatic rings. The van der Waals surface area contributed by atoms with Gasteiger partial charge in [-0.25, -0.2) is 4.98 Å². The van der Waals surface area contributed by atoms with Crippen LogP contribution in [0.4, 0.5) is 0 Å². The quantitative estimate of drug-likeness (QED) is 0.679. The van der Waals surface area contributed by atoms with Crippen molar-refractivity contribution >= 4 is 11.1 Å². The van der Waals surface area contributed by atoms with Gasteiger partial charge >= 0.3 is 0 Å². The SMILES string of the molecule is OCc1cc(-c2nc3ccccc3o2)cc(CO)c1O. The van der Waals surface area contributed by atoms with Gasteiger partial charge in [-0.05, 0) is 24.3 Å². The summed E-state index contributed by atoms with van der Waals surface area (Å²) < 4.78 is 5.64. The third-order valence-corrected chi connectivity index (χ3v) is 3.15. The van der Waals surface area contributed by atoms with Crippen LogP contribution < -0.4 is 0 Å². The molecule has 0 aliphatic heterocycles. The number of oxazole rings is 1. The maximum absolute atomic E-state index is 9.83. The molecule has 20 heavy (non-hydrogen) atoms. The molecule has 3 N–H and O–H groups in total. The second-order valence-electron chi connectivity index (χ2n) is 4.45. The van der Waals surface area contributed by atoms with E-state index in [2.05, 4.69) is 4.98 Å². The van der Waals surface area contributed by atoms with Crippen molar-refractivity contribution < 1.29 is 19.7 Å². The zero-order chi connectivity index (χ0) is 14.1. The van der Waals surface area contributed by atoms with E-state index in [1.165, 1.54) is 0 Å². The van der Waals surface area contributed by atoms with Crippen LogP contribution in [0.5, 0.6) is 5.75 Å². The predicted octanol–water partition coefficient (Wildman–Crippen LogP) is 2.19. The third kappa shape index (κ3) is 2.03. The van der Waals surface area contributed by atoms with Gasteiger partial charge in [-0.3, -0.25) is 0 Å². The van der Waals surface area contributed by atoms with Gasteiger partial charge in [0, 0.05) is 16.7 Å². The number of aliphatic hydroxyl groups is 2. The minimum Gasteiger partial charge on any atom is -0.507 e. The summed E-state index contributed by atoms with van der Waals surface area (Å²) in [6.45, 7) is -0.653. The van der Waals surface area contributed by atoms with Crippen molar-refractivity contribution in [1.29, 1.82) is 0 Å². The highest BCUT2D eigenvalue weighted by atomic mass is 16.3. The molecule has 3 rings (SSSR count). The van der Waals surface area contributed by atoms with Gasteiger partial charge in [0.1, 0.15) is 11.3 Å². The molecule has 102 valence electrons.